The highest BCUT2D eigenvalue weighted by Gasteiger charge is 2.27. The van der Waals surface area contributed by atoms with Crippen LogP contribution in [0.1, 0.15) is 52.7 Å². The number of carboxylic acid groups (broad SMARTS) is 1. The summed E-state index contributed by atoms with van der Waals surface area (Å²) >= 11 is 0. The number of benzene rings is 2. The lowest BCUT2D eigenvalue weighted by atomic mass is 9.93. The third kappa shape index (κ3) is 8.65. The molecule has 2 aromatic rings. The van der Waals surface area contributed by atoms with Crippen LogP contribution in [0, 0.1) is 0 Å². The van der Waals surface area contributed by atoms with Gasteiger partial charge in [-0.1, -0.05) is 30.3 Å². The van der Waals surface area contributed by atoms with Gasteiger partial charge in [0.05, 0.1) is 5.54 Å². The van der Waals surface area contributed by atoms with Gasteiger partial charge in [0.1, 0.15) is 18.0 Å². The van der Waals surface area contributed by atoms with E-state index in [1.807, 2.05) is 37.3 Å². The topological polar surface area (TPSA) is 121 Å². The van der Waals surface area contributed by atoms with Gasteiger partial charge in [-0.2, -0.15) is 0 Å². The molecule has 184 valence electrons. The Morgan fingerprint density at radius 2 is 1.71 bits per heavy atom. The van der Waals surface area contributed by atoms with Crippen molar-refractivity contribution in [1.29, 1.82) is 0 Å². The molecule has 9 nitrogen and oxygen atoms in total. The van der Waals surface area contributed by atoms with Crippen molar-refractivity contribution in [3.8, 4) is 5.75 Å². The van der Waals surface area contributed by atoms with Crippen molar-refractivity contribution in [1.82, 2.24) is 10.6 Å². The Hall–Kier alpha value is -3.75. The van der Waals surface area contributed by atoms with Crippen LogP contribution in [-0.4, -0.2) is 35.4 Å². The van der Waals surface area contributed by atoms with Gasteiger partial charge in [-0.15, -0.1) is 0 Å². The predicted molar refractivity (Wildman–Crippen MR) is 132 cm³/mol. The second-order valence-corrected chi connectivity index (χ2v) is 9.12. The standard InChI is InChI=1S/C25H34N4O5/c1-7-26-21(28-23(32)34-24(2,3)4)27-18-13-14-20(33-16-17-11-9-8-10-12-17)19(15-18)25(5,6)29-22(30)31/h8-15,29H,7,16H2,1-6H3,(H,30,31)(H2,26,27,28,32). The van der Waals surface area contributed by atoms with Crippen molar-refractivity contribution >= 4 is 23.8 Å². The van der Waals surface area contributed by atoms with Gasteiger partial charge >= 0.3 is 12.2 Å². The molecule has 2 rings (SSSR count). The fraction of sp³-hybridized carbons (Fsp3) is 0.400. The summed E-state index contributed by atoms with van der Waals surface area (Å²) in [5, 5.41) is 17.5. The Kier molecular flexibility index (Phi) is 8.89. The number of anilines is 1. The van der Waals surface area contributed by atoms with E-state index < -0.39 is 23.3 Å². The Bertz CT molecular complexity index is 1010. The summed E-state index contributed by atoms with van der Waals surface area (Å²) < 4.78 is 11.3. The van der Waals surface area contributed by atoms with Gasteiger partial charge in [0.15, 0.2) is 0 Å². The molecule has 0 saturated carbocycles. The zero-order valence-corrected chi connectivity index (χ0v) is 20.6. The Labute approximate surface area is 200 Å². The molecule has 0 spiro atoms. The predicted octanol–water partition coefficient (Wildman–Crippen LogP) is 5.08. The van der Waals surface area contributed by atoms with Gasteiger partial charge < -0.3 is 25.2 Å². The second kappa shape index (κ2) is 11.4. The molecule has 0 aliphatic carbocycles. The van der Waals surface area contributed by atoms with Crippen molar-refractivity contribution < 1.29 is 24.2 Å². The van der Waals surface area contributed by atoms with E-state index in [-0.39, 0.29) is 5.96 Å². The van der Waals surface area contributed by atoms with Gasteiger partial charge in [0, 0.05) is 17.8 Å². The lowest BCUT2D eigenvalue weighted by Crippen LogP contribution is -2.41. The molecule has 0 aliphatic heterocycles. The molecule has 0 radical (unpaired) electrons. The lowest BCUT2D eigenvalue weighted by molar-refractivity contribution is 0.0563. The van der Waals surface area contributed by atoms with Crippen molar-refractivity contribution in [3.05, 3.63) is 59.7 Å². The van der Waals surface area contributed by atoms with Crippen LogP contribution in [0.5, 0.6) is 5.75 Å². The van der Waals surface area contributed by atoms with Gasteiger partial charge in [-0.05, 0) is 65.3 Å². The first-order valence-electron chi connectivity index (χ1n) is 11.0. The fourth-order valence-corrected chi connectivity index (χ4v) is 3.10. The van der Waals surface area contributed by atoms with Crippen LogP contribution >= 0.6 is 0 Å². The average molecular weight is 471 g/mol. The van der Waals surface area contributed by atoms with Crippen LogP contribution in [-0.2, 0) is 16.9 Å². The molecule has 0 aliphatic rings. The Morgan fingerprint density at radius 3 is 2.29 bits per heavy atom. The summed E-state index contributed by atoms with van der Waals surface area (Å²) in [6, 6.07) is 15.0. The molecule has 0 atom stereocenters. The first kappa shape index (κ1) is 26.5. The molecule has 0 unspecified atom stereocenters. The van der Waals surface area contributed by atoms with Crippen LogP contribution < -0.4 is 20.7 Å². The number of hydrogen-bond acceptors (Lipinski definition) is 5. The Balaban J connectivity index is 2.31. The quantitative estimate of drug-likeness (QED) is 0.331. The normalized spacial score (nSPS) is 12.0. The number of nitrogens with zero attached hydrogens (tertiary/aromatic N) is 1. The summed E-state index contributed by atoms with van der Waals surface area (Å²) in [4.78, 5) is 27.9. The van der Waals surface area contributed by atoms with E-state index in [4.69, 9.17) is 9.47 Å². The average Bonchev–Trinajstić information content (AvgIpc) is 2.71. The molecule has 34 heavy (non-hydrogen) atoms. The molecule has 4 N–H and O–H groups in total. The zero-order valence-electron chi connectivity index (χ0n) is 20.6. The SMILES string of the molecule is CCN=C(NC(=O)OC(C)(C)C)Nc1ccc(OCc2ccccc2)c(C(C)(C)NC(=O)O)c1. The highest BCUT2D eigenvalue weighted by molar-refractivity contribution is 6.02. The first-order valence-corrected chi connectivity index (χ1v) is 11.0. The maximum Gasteiger partial charge on any atom is 0.414 e. The summed E-state index contributed by atoms with van der Waals surface area (Å²) in [6.07, 6.45) is -1.79. The summed E-state index contributed by atoms with van der Waals surface area (Å²) in [6.45, 7) is 11.4. The second-order valence-electron chi connectivity index (χ2n) is 9.12. The lowest BCUT2D eigenvalue weighted by Gasteiger charge is -2.28. The molecule has 0 aromatic heterocycles. The highest BCUT2D eigenvalue weighted by atomic mass is 16.6. The smallest absolute Gasteiger partial charge is 0.414 e. The van der Waals surface area contributed by atoms with E-state index in [0.29, 0.717) is 30.2 Å². The third-order valence-corrected chi connectivity index (χ3v) is 4.51. The molecular formula is C25H34N4O5. The molecule has 9 heteroatoms. The number of amides is 2. The maximum atomic E-state index is 12.2. The molecule has 0 fully saturated rings. The van der Waals surface area contributed by atoms with E-state index in [0.717, 1.165) is 5.56 Å². The fourth-order valence-electron chi connectivity index (χ4n) is 3.10. The molecule has 2 amide bonds. The number of ether oxygens (including phenoxy) is 2. The van der Waals surface area contributed by atoms with Gasteiger partial charge in [-0.3, -0.25) is 10.3 Å². The van der Waals surface area contributed by atoms with E-state index in [2.05, 4.69) is 20.9 Å². The van der Waals surface area contributed by atoms with Crippen molar-refractivity contribution in [2.24, 2.45) is 4.99 Å². The number of alkyl carbamates (subject to hydrolysis) is 1. The zero-order chi connectivity index (χ0) is 25.4. The number of nitrogens with one attached hydrogen (secondary N) is 3. The Morgan fingerprint density at radius 1 is 1.03 bits per heavy atom. The van der Waals surface area contributed by atoms with Crippen molar-refractivity contribution in [3.63, 3.8) is 0 Å². The van der Waals surface area contributed by atoms with Crippen LogP contribution in [0.4, 0.5) is 15.3 Å². The van der Waals surface area contributed by atoms with Gasteiger partial charge in [0.2, 0.25) is 5.96 Å². The monoisotopic (exact) mass is 470 g/mol. The van der Waals surface area contributed by atoms with Gasteiger partial charge in [0.25, 0.3) is 0 Å². The summed E-state index contributed by atoms with van der Waals surface area (Å²) in [5.41, 5.74) is 0.572. The van der Waals surface area contributed by atoms with E-state index in [1.165, 1.54) is 0 Å². The molecule has 0 heterocycles. The summed E-state index contributed by atoms with van der Waals surface area (Å²) in [5.74, 6) is 0.742. The minimum absolute atomic E-state index is 0.213. The van der Waals surface area contributed by atoms with Crippen molar-refractivity contribution in [2.45, 2.75) is 59.3 Å². The number of rotatable bonds is 7. The minimum Gasteiger partial charge on any atom is -0.489 e. The molecule has 2 aromatic carbocycles. The van der Waals surface area contributed by atoms with E-state index in [9.17, 15) is 14.7 Å². The number of carbonyl (C=O) groups is 2. The van der Waals surface area contributed by atoms with E-state index >= 15 is 0 Å². The minimum atomic E-state index is -1.16. The van der Waals surface area contributed by atoms with Crippen LogP contribution in [0.25, 0.3) is 0 Å². The third-order valence-electron chi connectivity index (χ3n) is 4.51. The van der Waals surface area contributed by atoms with Crippen LogP contribution in [0.3, 0.4) is 0 Å². The number of carbonyl (C=O) groups excluding carboxylic acids is 1. The highest BCUT2D eigenvalue weighted by Crippen LogP contribution is 2.33. The first-order chi connectivity index (χ1) is 15.9. The van der Waals surface area contributed by atoms with Crippen molar-refractivity contribution in [2.75, 3.05) is 11.9 Å². The largest absolute Gasteiger partial charge is 0.489 e. The van der Waals surface area contributed by atoms with E-state index in [1.54, 1.807) is 52.8 Å². The number of guanidine groups is 1. The molecular weight excluding hydrogens is 436 g/mol. The summed E-state index contributed by atoms with van der Waals surface area (Å²) in [7, 11) is 0. The van der Waals surface area contributed by atoms with Crippen LogP contribution in [0.15, 0.2) is 53.5 Å². The molecule has 0 bridgehead atoms. The number of hydrogen-bond donors (Lipinski definition) is 4. The number of aliphatic imine (C=N–C) groups is 1. The molecule has 0 saturated heterocycles. The maximum absolute atomic E-state index is 12.2. The van der Waals surface area contributed by atoms with Gasteiger partial charge in [-0.25, -0.2) is 9.59 Å². The van der Waals surface area contributed by atoms with Crippen LogP contribution in [0.2, 0.25) is 0 Å².